The third kappa shape index (κ3) is 1.70. The maximum atomic E-state index is 9.84. The Hall–Kier alpha value is -0.570. The molecule has 3 heteroatoms. The van der Waals surface area contributed by atoms with Crippen molar-refractivity contribution in [1.82, 2.24) is 0 Å². The van der Waals surface area contributed by atoms with Crippen LogP contribution in [0, 0.1) is 0 Å². The van der Waals surface area contributed by atoms with E-state index in [1.54, 1.807) is 12.1 Å². The lowest BCUT2D eigenvalue weighted by Crippen LogP contribution is -2.30. The van der Waals surface area contributed by atoms with Crippen LogP contribution in [0.4, 0.5) is 0 Å². The summed E-state index contributed by atoms with van der Waals surface area (Å²) in [4.78, 5) is 0. The minimum atomic E-state index is -0.551. The fourth-order valence-corrected chi connectivity index (χ4v) is 1.52. The van der Waals surface area contributed by atoms with E-state index in [0.29, 0.717) is 5.02 Å². The summed E-state index contributed by atoms with van der Waals surface area (Å²) >= 11 is 5.73. The molecular formula is C10H12ClNO. The van der Waals surface area contributed by atoms with Crippen molar-refractivity contribution in [3.8, 4) is 0 Å². The van der Waals surface area contributed by atoms with Gasteiger partial charge in [-0.1, -0.05) is 23.7 Å². The average molecular weight is 198 g/mol. The smallest absolute Gasteiger partial charge is 0.0969 e. The topological polar surface area (TPSA) is 46.2 Å². The summed E-state index contributed by atoms with van der Waals surface area (Å²) < 4.78 is 0. The van der Waals surface area contributed by atoms with Gasteiger partial charge in [0.2, 0.25) is 0 Å². The largest absolute Gasteiger partial charge is 0.386 e. The van der Waals surface area contributed by atoms with E-state index in [2.05, 4.69) is 0 Å². The normalized spacial score (nSPS) is 21.2. The van der Waals surface area contributed by atoms with Crippen molar-refractivity contribution in [2.45, 2.75) is 24.5 Å². The van der Waals surface area contributed by atoms with Gasteiger partial charge < -0.3 is 10.8 Å². The second kappa shape index (κ2) is 2.98. The van der Waals surface area contributed by atoms with Crippen LogP contribution in [0.25, 0.3) is 0 Å². The number of nitrogens with two attached hydrogens (primary N) is 1. The molecule has 0 radical (unpaired) electrons. The monoisotopic (exact) mass is 197 g/mol. The van der Waals surface area contributed by atoms with Crippen LogP contribution in [0.5, 0.6) is 0 Å². The lowest BCUT2D eigenvalue weighted by atomic mass is 10.0. The van der Waals surface area contributed by atoms with Crippen LogP contribution in [0.3, 0.4) is 0 Å². The summed E-state index contributed by atoms with van der Waals surface area (Å²) in [5.74, 6) is 0. The van der Waals surface area contributed by atoms with Gasteiger partial charge in [-0.15, -0.1) is 0 Å². The molecule has 1 unspecified atom stereocenters. The van der Waals surface area contributed by atoms with Crippen LogP contribution < -0.4 is 5.73 Å². The highest BCUT2D eigenvalue weighted by atomic mass is 35.5. The first-order valence-electron chi connectivity index (χ1n) is 4.34. The molecule has 0 heterocycles. The molecule has 3 N–H and O–H groups in total. The van der Waals surface area contributed by atoms with Gasteiger partial charge in [-0.25, -0.2) is 0 Å². The van der Waals surface area contributed by atoms with Crippen molar-refractivity contribution in [2.75, 3.05) is 0 Å². The van der Waals surface area contributed by atoms with Crippen LogP contribution >= 0.6 is 11.6 Å². The SMILES string of the molecule is NC1(C(O)c2ccc(Cl)cc2)CC1. The third-order valence-electron chi connectivity index (χ3n) is 2.56. The van der Waals surface area contributed by atoms with Crippen molar-refractivity contribution in [3.05, 3.63) is 34.9 Å². The Bertz CT molecular complexity index is 305. The zero-order valence-electron chi connectivity index (χ0n) is 7.20. The Morgan fingerprint density at radius 3 is 2.31 bits per heavy atom. The molecule has 1 aromatic carbocycles. The number of benzene rings is 1. The molecule has 1 aliphatic rings. The molecule has 0 aliphatic heterocycles. The van der Waals surface area contributed by atoms with E-state index in [9.17, 15) is 5.11 Å². The molecule has 0 amide bonds. The highest BCUT2D eigenvalue weighted by Gasteiger charge is 2.45. The lowest BCUT2D eigenvalue weighted by molar-refractivity contribution is 0.136. The standard InChI is InChI=1S/C10H12ClNO/c11-8-3-1-7(2-4-8)9(13)10(12)5-6-10/h1-4,9,13H,5-6,12H2. The van der Waals surface area contributed by atoms with Crippen LogP contribution in [0.1, 0.15) is 24.5 Å². The molecule has 1 atom stereocenters. The Kier molecular flexibility index (Phi) is 2.06. The highest BCUT2D eigenvalue weighted by Crippen LogP contribution is 2.43. The van der Waals surface area contributed by atoms with E-state index < -0.39 is 6.10 Å². The fraction of sp³-hybridized carbons (Fsp3) is 0.400. The van der Waals surface area contributed by atoms with E-state index in [1.165, 1.54) is 0 Å². The van der Waals surface area contributed by atoms with E-state index in [1.807, 2.05) is 12.1 Å². The first-order chi connectivity index (χ1) is 6.12. The number of aliphatic hydroxyl groups excluding tert-OH is 1. The second-order valence-corrected chi connectivity index (χ2v) is 4.12. The van der Waals surface area contributed by atoms with Gasteiger partial charge in [-0.05, 0) is 30.5 Å². The van der Waals surface area contributed by atoms with Crippen molar-refractivity contribution >= 4 is 11.6 Å². The van der Waals surface area contributed by atoms with Crippen molar-refractivity contribution in [1.29, 1.82) is 0 Å². The maximum absolute atomic E-state index is 9.84. The average Bonchev–Trinajstić information content (AvgIpc) is 2.85. The van der Waals surface area contributed by atoms with Crippen LogP contribution in [0.2, 0.25) is 5.02 Å². The number of hydrogen-bond acceptors (Lipinski definition) is 2. The summed E-state index contributed by atoms with van der Waals surface area (Å²) in [5.41, 5.74) is 6.35. The molecule has 70 valence electrons. The third-order valence-corrected chi connectivity index (χ3v) is 2.81. The Morgan fingerprint density at radius 2 is 1.85 bits per heavy atom. The van der Waals surface area contributed by atoms with Crippen molar-refractivity contribution < 1.29 is 5.11 Å². The molecule has 2 nitrogen and oxygen atoms in total. The molecule has 0 spiro atoms. The van der Waals surface area contributed by atoms with Gasteiger partial charge in [0.25, 0.3) is 0 Å². The van der Waals surface area contributed by atoms with Gasteiger partial charge in [0.15, 0.2) is 0 Å². The van der Waals surface area contributed by atoms with Crippen molar-refractivity contribution in [3.63, 3.8) is 0 Å². The minimum Gasteiger partial charge on any atom is -0.386 e. The molecule has 13 heavy (non-hydrogen) atoms. The summed E-state index contributed by atoms with van der Waals surface area (Å²) in [6.07, 6.45) is 1.25. The first kappa shape index (κ1) is 9.00. The van der Waals surface area contributed by atoms with Crippen LogP contribution in [-0.2, 0) is 0 Å². The molecule has 0 aromatic heterocycles. The van der Waals surface area contributed by atoms with E-state index in [0.717, 1.165) is 18.4 Å². The summed E-state index contributed by atoms with van der Waals surface area (Å²) in [5, 5.41) is 10.5. The van der Waals surface area contributed by atoms with Gasteiger partial charge in [-0.3, -0.25) is 0 Å². The fourth-order valence-electron chi connectivity index (χ4n) is 1.39. The highest BCUT2D eigenvalue weighted by molar-refractivity contribution is 6.30. The Morgan fingerprint density at radius 1 is 1.31 bits per heavy atom. The van der Waals surface area contributed by atoms with Gasteiger partial charge in [0.05, 0.1) is 6.10 Å². The zero-order valence-corrected chi connectivity index (χ0v) is 7.96. The summed E-state index contributed by atoms with van der Waals surface area (Å²) in [6.45, 7) is 0. The summed E-state index contributed by atoms with van der Waals surface area (Å²) in [7, 11) is 0. The van der Waals surface area contributed by atoms with E-state index >= 15 is 0 Å². The molecule has 1 fully saturated rings. The van der Waals surface area contributed by atoms with Crippen LogP contribution in [-0.4, -0.2) is 10.6 Å². The summed E-state index contributed by atoms with van der Waals surface area (Å²) in [6, 6.07) is 7.18. The quantitative estimate of drug-likeness (QED) is 0.761. The number of aliphatic hydroxyl groups is 1. The van der Waals surface area contributed by atoms with Gasteiger partial charge >= 0.3 is 0 Å². The molecular weight excluding hydrogens is 186 g/mol. The van der Waals surface area contributed by atoms with Gasteiger partial charge in [0.1, 0.15) is 0 Å². The zero-order chi connectivity index (χ0) is 9.47. The lowest BCUT2D eigenvalue weighted by Gasteiger charge is -2.17. The van der Waals surface area contributed by atoms with Crippen LogP contribution in [0.15, 0.2) is 24.3 Å². The van der Waals surface area contributed by atoms with Gasteiger partial charge in [-0.2, -0.15) is 0 Å². The minimum absolute atomic E-state index is 0.381. The predicted octanol–water partition coefficient (Wildman–Crippen LogP) is 1.86. The van der Waals surface area contributed by atoms with Crippen molar-refractivity contribution in [2.24, 2.45) is 5.73 Å². The first-order valence-corrected chi connectivity index (χ1v) is 4.72. The van der Waals surface area contributed by atoms with E-state index in [4.69, 9.17) is 17.3 Å². The van der Waals surface area contributed by atoms with Gasteiger partial charge in [0, 0.05) is 10.6 Å². The Balaban J connectivity index is 2.20. The number of hydrogen-bond donors (Lipinski definition) is 2. The molecule has 1 aromatic rings. The molecule has 1 saturated carbocycles. The maximum Gasteiger partial charge on any atom is 0.0969 e. The molecule has 0 saturated heterocycles. The molecule has 1 aliphatic carbocycles. The molecule has 2 rings (SSSR count). The Labute approximate surface area is 82.3 Å². The second-order valence-electron chi connectivity index (χ2n) is 3.69. The van der Waals surface area contributed by atoms with E-state index in [-0.39, 0.29) is 5.54 Å². The number of rotatable bonds is 2. The molecule has 0 bridgehead atoms. The number of halogens is 1. The predicted molar refractivity (Wildman–Crippen MR) is 52.6 cm³/mol.